The first-order valence-corrected chi connectivity index (χ1v) is 6.96. The van der Waals surface area contributed by atoms with Gasteiger partial charge in [0.2, 0.25) is 0 Å². The van der Waals surface area contributed by atoms with Gasteiger partial charge in [-0.25, -0.2) is 0 Å². The molecular formula is C16H27FO2. The Labute approximate surface area is 117 Å². The highest BCUT2D eigenvalue weighted by Gasteiger charge is 2.04. The summed E-state index contributed by atoms with van der Waals surface area (Å²) in [6, 6.07) is 6.36. The van der Waals surface area contributed by atoms with Crippen LogP contribution in [0.15, 0.2) is 18.2 Å². The molecule has 0 saturated carbocycles. The number of carbonyl (C=O) groups excluding carboxylic acids is 1. The zero-order valence-corrected chi connectivity index (χ0v) is 12.8. The lowest BCUT2D eigenvalue weighted by Gasteiger charge is -2.12. The number of unbranched alkanes of at least 4 members (excludes halogenated alkanes) is 1. The number of carbonyl (C=O) groups is 1. The largest absolute Gasteiger partial charge is 0.493 e. The van der Waals surface area contributed by atoms with Gasteiger partial charge in [0.15, 0.2) is 0 Å². The van der Waals surface area contributed by atoms with Crippen molar-refractivity contribution < 1.29 is 13.9 Å². The van der Waals surface area contributed by atoms with Gasteiger partial charge in [-0.15, -0.1) is 0 Å². The van der Waals surface area contributed by atoms with E-state index in [1.807, 2.05) is 13.8 Å². The molecule has 1 rings (SSSR count). The van der Waals surface area contributed by atoms with Crippen molar-refractivity contribution in [1.29, 1.82) is 0 Å². The molecule has 0 N–H and O–H groups in total. The zero-order chi connectivity index (χ0) is 15.1. The SMILES string of the molecule is CC.CCCCOc1c(C)cccc1CC.O=CF. The third-order valence-corrected chi connectivity index (χ3v) is 2.42. The van der Waals surface area contributed by atoms with Crippen LogP contribution in [0.5, 0.6) is 5.75 Å². The second-order valence-electron chi connectivity index (χ2n) is 3.71. The molecule has 2 nitrogen and oxygen atoms in total. The normalized spacial score (nSPS) is 8.53. The molecule has 0 unspecified atom stereocenters. The highest BCUT2D eigenvalue weighted by Crippen LogP contribution is 2.23. The quantitative estimate of drug-likeness (QED) is 0.432. The maximum atomic E-state index is 9.61. The van der Waals surface area contributed by atoms with E-state index in [0.29, 0.717) is 0 Å². The number of benzene rings is 1. The number of para-hydroxylation sites is 1. The summed E-state index contributed by atoms with van der Waals surface area (Å²) in [5, 5.41) is 0. The van der Waals surface area contributed by atoms with E-state index < -0.39 is 6.54 Å². The van der Waals surface area contributed by atoms with Gasteiger partial charge in [0, 0.05) is 0 Å². The van der Waals surface area contributed by atoms with Crippen LogP contribution >= 0.6 is 0 Å². The second-order valence-corrected chi connectivity index (χ2v) is 3.71. The molecule has 0 fully saturated rings. The molecule has 3 heteroatoms. The molecule has 0 atom stereocenters. The minimum atomic E-state index is -0.750. The van der Waals surface area contributed by atoms with Crippen molar-refractivity contribution in [2.75, 3.05) is 6.61 Å². The summed E-state index contributed by atoms with van der Waals surface area (Å²) in [6.07, 6.45) is 3.37. The van der Waals surface area contributed by atoms with Gasteiger partial charge in [-0.3, -0.25) is 4.79 Å². The van der Waals surface area contributed by atoms with Crippen LogP contribution in [0.4, 0.5) is 4.39 Å². The van der Waals surface area contributed by atoms with E-state index in [4.69, 9.17) is 9.53 Å². The van der Waals surface area contributed by atoms with E-state index in [1.54, 1.807) is 0 Å². The van der Waals surface area contributed by atoms with Crippen molar-refractivity contribution >= 4 is 6.54 Å². The van der Waals surface area contributed by atoms with Gasteiger partial charge in [-0.05, 0) is 30.9 Å². The van der Waals surface area contributed by atoms with E-state index in [9.17, 15) is 4.39 Å². The molecule has 0 heterocycles. The molecule has 0 saturated heterocycles. The molecule has 19 heavy (non-hydrogen) atoms. The average molecular weight is 270 g/mol. The Bertz CT molecular complexity index is 325. The average Bonchev–Trinajstić information content (AvgIpc) is 2.44. The predicted molar refractivity (Wildman–Crippen MR) is 80.2 cm³/mol. The Hall–Kier alpha value is -1.38. The standard InChI is InChI=1S/C13H20O.C2H6.CHFO/c1-4-6-10-14-13-11(3)8-7-9-12(13)5-2;1-2;2-1-3/h7-9H,4-6,10H2,1-3H3;1-2H3;1H. The van der Waals surface area contributed by atoms with Crippen molar-refractivity contribution in [2.45, 2.75) is 53.9 Å². The highest BCUT2D eigenvalue weighted by molar-refractivity contribution is 5.40. The van der Waals surface area contributed by atoms with Crippen LogP contribution in [0.2, 0.25) is 0 Å². The first kappa shape index (κ1) is 19.9. The fourth-order valence-electron chi connectivity index (χ4n) is 1.52. The minimum Gasteiger partial charge on any atom is -0.493 e. The van der Waals surface area contributed by atoms with Crippen LogP contribution in [0.1, 0.15) is 51.7 Å². The fraction of sp³-hybridized carbons (Fsp3) is 0.562. The van der Waals surface area contributed by atoms with Gasteiger partial charge in [-0.1, -0.05) is 52.3 Å². The van der Waals surface area contributed by atoms with Crippen molar-refractivity contribution in [2.24, 2.45) is 0 Å². The molecule has 0 aliphatic rings. The molecular weight excluding hydrogens is 243 g/mol. The summed E-state index contributed by atoms with van der Waals surface area (Å²) in [6.45, 7) is 10.6. The molecule has 0 bridgehead atoms. The van der Waals surface area contributed by atoms with Crippen molar-refractivity contribution in [3.05, 3.63) is 29.3 Å². The molecule has 0 radical (unpaired) electrons. The number of aryl methyl sites for hydroxylation is 2. The van der Waals surface area contributed by atoms with Crippen LogP contribution in [0.25, 0.3) is 0 Å². The lowest BCUT2D eigenvalue weighted by Crippen LogP contribution is -2.01. The van der Waals surface area contributed by atoms with Crippen LogP contribution < -0.4 is 4.74 Å². The Balaban J connectivity index is 0. The lowest BCUT2D eigenvalue weighted by atomic mass is 10.1. The Morgan fingerprint density at radius 3 is 2.32 bits per heavy atom. The van der Waals surface area contributed by atoms with Crippen LogP contribution in [0.3, 0.4) is 0 Å². The highest BCUT2D eigenvalue weighted by atomic mass is 19.1. The molecule has 0 amide bonds. The second kappa shape index (κ2) is 14.7. The van der Waals surface area contributed by atoms with Gasteiger partial charge in [0.25, 0.3) is 6.54 Å². The van der Waals surface area contributed by atoms with E-state index in [1.165, 1.54) is 17.5 Å². The van der Waals surface area contributed by atoms with E-state index in [-0.39, 0.29) is 0 Å². The Morgan fingerprint density at radius 2 is 1.84 bits per heavy atom. The summed E-state index contributed by atoms with van der Waals surface area (Å²) in [5.41, 5.74) is 2.57. The number of halogens is 1. The van der Waals surface area contributed by atoms with E-state index >= 15 is 0 Å². The Morgan fingerprint density at radius 1 is 1.26 bits per heavy atom. The van der Waals surface area contributed by atoms with Crippen molar-refractivity contribution in [1.82, 2.24) is 0 Å². The molecule has 0 spiro atoms. The summed E-state index contributed by atoms with van der Waals surface area (Å²) in [4.78, 5) is 8.14. The van der Waals surface area contributed by atoms with Crippen LogP contribution in [-0.4, -0.2) is 13.1 Å². The van der Waals surface area contributed by atoms with Gasteiger partial charge < -0.3 is 4.74 Å². The summed E-state index contributed by atoms with van der Waals surface area (Å²) < 4.78 is 15.4. The molecule has 1 aromatic rings. The topological polar surface area (TPSA) is 26.3 Å². The summed E-state index contributed by atoms with van der Waals surface area (Å²) in [5.74, 6) is 1.10. The van der Waals surface area contributed by atoms with Crippen LogP contribution in [-0.2, 0) is 11.2 Å². The number of ether oxygens (including phenoxy) is 1. The van der Waals surface area contributed by atoms with Crippen molar-refractivity contribution in [3.8, 4) is 5.75 Å². The first-order valence-electron chi connectivity index (χ1n) is 6.96. The van der Waals surface area contributed by atoms with Crippen LogP contribution in [0, 0.1) is 6.92 Å². The molecule has 0 aliphatic carbocycles. The predicted octanol–water partition coefficient (Wildman–Crippen LogP) is 4.91. The monoisotopic (exact) mass is 270 g/mol. The smallest absolute Gasteiger partial charge is 0.289 e. The van der Waals surface area contributed by atoms with E-state index in [2.05, 4.69) is 39.0 Å². The van der Waals surface area contributed by atoms with Gasteiger partial charge in [0.1, 0.15) is 5.75 Å². The van der Waals surface area contributed by atoms with Gasteiger partial charge in [-0.2, -0.15) is 4.39 Å². The van der Waals surface area contributed by atoms with Crippen molar-refractivity contribution in [3.63, 3.8) is 0 Å². The number of hydrogen-bond acceptors (Lipinski definition) is 2. The summed E-state index contributed by atoms with van der Waals surface area (Å²) >= 11 is 0. The Kier molecular flexibility index (Phi) is 15.4. The number of rotatable bonds is 5. The third-order valence-electron chi connectivity index (χ3n) is 2.42. The fourth-order valence-corrected chi connectivity index (χ4v) is 1.52. The van der Waals surface area contributed by atoms with Gasteiger partial charge >= 0.3 is 0 Å². The third kappa shape index (κ3) is 9.23. The molecule has 0 aliphatic heterocycles. The maximum Gasteiger partial charge on any atom is 0.289 e. The zero-order valence-electron chi connectivity index (χ0n) is 12.8. The molecule has 0 aromatic heterocycles. The lowest BCUT2D eigenvalue weighted by molar-refractivity contribution is 0.304. The first-order chi connectivity index (χ1) is 9.21. The summed E-state index contributed by atoms with van der Waals surface area (Å²) in [7, 11) is 0. The molecule has 110 valence electrons. The maximum absolute atomic E-state index is 9.61. The minimum absolute atomic E-state index is 0.750. The van der Waals surface area contributed by atoms with E-state index in [0.717, 1.165) is 25.2 Å². The van der Waals surface area contributed by atoms with Gasteiger partial charge in [0.05, 0.1) is 6.61 Å². The number of hydrogen-bond donors (Lipinski definition) is 0. The molecule has 1 aromatic carbocycles.